The standard InChI is InChI=1S/C11H26N2O3S/c1-3-12-8-5-6-11-17(14,15)13-9-7-10-16-4-2/h12-13H,3-11H2,1-2H3. The molecule has 17 heavy (non-hydrogen) atoms. The highest BCUT2D eigenvalue weighted by molar-refractivity contribution is 7.89. The molecule has 0 radical (unpaired) electrons. The molecular weight excluding hydrogens is 240 g/mol. The Labute approximate surface area is 105 Å². The van der Waals surface area contributed by atoms with Crippen molar-refractivity contribution in [2.75, 3.05) is 38.6 Å². The molecule has 0 atom stereocenters. The highest BCUT2D eigenvalue weighted by atomic mass is 32.2. The number of sulfonamides is 1. The van der Waals surface area contributed by atoms with Gasteiger partial charge in [0.15, 0.2) is 0 Å². The van der Waals surface area contributed by atoms with E-state index in [0.29, 0.717) is 26.2 Å². The Morgan fingerprint density at radius 1 is 1.06 bits per heavy atom. The number of unbranched alkanes of at least 4 members (excludes halogenated alkanes) is 1. The molecule has 0 spiro atoms. The lowest BCUT2D eigenvalue weighted by Gasteiger charge is -2.06. The van der Waals surface area contributed by atoms with Crippen LogP contribution in [0.1, 0.15) is 33.1 Å². The van der Waals surface area contributed by atoms with Crippen molar-refractivity contribution in [3.63, 3.8) is 0 Å². The minimum absolute atomic E-state index is 0.215. The van der Waals surface area contributed by atoms with Crippen molar-refractivity contribution >= 4 is 10.0 Å². The maximum atomic E-state index is 11.5. The Bertz CT molecular complexity index is 235. The van der Waals surface area contributed by atoms with Gasteiger partial charge in [-0.25, -0.2) is 13.1 Å². The van der Waals surface area contributed by atoms with E-state index in [1.807, 2.05) is 13.8 Å². The van der Waals surface area contributed by atoms with Gasteiger partial charge >= 0.3 is 0 Å². The van der Waals surface area contributed by atoms with Gasteiger partial charge in [-0.1, -0.05) is 6.92 Å². The van der Waals surface area contributed by atoms with Crippen molar-refractivity contribution in [3.05, 3.63) is 0 Å². The van der Waals surface area contributed by atoms with Crippen LogP contribution in [0.25, 0.3) is 0 Å². The van der Waals surface area contributed by atoms with Gasteiger partial charge in [0.05, 0.1) is 5.75 Å². The van der Waals surface area contributed by atoms with E-state index in [1.54, 1.807) is 0 Å². The van der Waals surface area contributed by atoms with Gasteiger partial charge in [-0.05, 0) is 39.3 Å². The fourth-order valence-corrected chi connectivity index (χ4v) is 2.52. The zero-order valence-electron chi connectivity index (χ0n) is 11.0. The Hall–Kier alpha value is -0.170. The molecule has 0 unspecified atom stereocenters. The summed E-state index contributed by atoms with van der Waals surface area (Å²) in [6, 6.07) is 0. The number of hydrogen-bond donors (Lipinski definition) is 2. The van der Waals surface area contributed by atoms with E-state index in [0.717, 1.165) is 25.9 Å². The molecule has 0 saturated carbocycles. The van der Waals surface area contributed by atoms with Crippen molar-refractivity contribution in [1.29, 1.82) is 0 Å². The van der Waals surface area contributed by atoms with E-state index < -0.39 is 10.0 Å². The maximum absolute atomic E-state index is 11.5. The summed E-state index contributed by atoms with van der Waals surface area (Å²) in [5.41, 5.74) is 0. The zero-order chi connectivity index (χ0) is 13.0. The smallest absolute Gasteiger partial charge is 0.211 e. The molecule has 0 aromatic rings. The predicted octanol–water partition coefficient (Wildman–Crippen LogP) is 0.722. The van der Waals surface area contributed by atoms with Gasteiger partial charge < -0.3 is 10.1 Å². The van der Waals surface area contributed by atoms with Crippen LogP contribution in [-0.4, -0.2) is 47.0 Å². The van der Waals surface area contributed by atoms with Crippen LogP contribution < -0.4 is 10.0 Å². The lowest BCUT2D eigenvalue weighted by atomic mass is 10.3. The summed E-state index contributed by atoms with van der Waals surface area (Å²) in [6.45, 7) is 7.54. The van der Waals surface area contributed by atoms with Gasteiger partial charge in [0, 0.05) is 19.8 Å². The molecule has 0 saturated heterocycles. The van der Waals surface area contributed by atoms with Gasteiger partial charge in [-0.3, -0.25) is 0 Å². The molecule has 0 heterocycles. The average molecular weight is 266 g/mol. The molecule has 0 aliphatic heterocycles. The van der Waals surface area contributed by atoms with Crippen LogP contribution in [0.4, 0.5) is 0 Å². The summed E-state index contributed by atoms with van der Waals surface area (Å²) in [6.07, 6.45) is 2.33. The second kappa shape index (κ2) is 11.0. The first kappa shape index (κ1) is 16.8. The second-order valence-corrected chi connectivity index (χ2v) is 5.75. The third kappa shape index (κ3) is 12.1. The van der Waals surface area contributed by atoms with Crippen molar-refractivity contribution in [3.8, 4) is 0 Å². The third-order valence-corrected chi connectivity index (χ3v) is 3.73. The molecule has 0 aromatic heterocycles. The van der Waals surface area contributed by atoms with Gasteiger partial charge in [0.2, 0.25) is 10.0 Å². The Morgan fingerprint density at radius 2 is 1.82 bits per heavy atom. The van der Waals surface area contributed by atoms with Crippen LogP contribution in [0.3, 0.4) is 0 Å². The molecule has 0 fully saturated rings. The Kier molecular flexibility index (Phi) is 10.8. The molecule has 0 bridgehead atoms. The van der Waals surface area contributed by atoms with Gasteiger partial charge in [0.1, 0.15) is 0 Å². The van der Waals surface area contributed by atoms with Crippen LogP contribution in [0.2, 0.25) is 0 Å². The summed E-state index contributed by atoms with van der Waals surface area (Å²) in [5.74, 6) is 0.215. The van der Waals surface area contributed by atoms with E-state index in [4.69, 9.17) is 4.74 Å². The summed E-state index contributed by atoms with van der Waals surface area (Å²) < 4.78 is 30.8. The topological polar surface area (TPSA) is 67.4 Å². The highest BCUT2D eigenvalue weighted by Crippen LogP contribution is 1.94. The van der Waals surface area contributed by atoms with Crippen LogP contribution in [0, 0.1) is 0 Å². The molecule has 104 valence electrons. The first-order valence-corrected chi connectivity index (χ1v) is 8.03. The van der Waals surface area contributed by atoms with Gasteiger partial charge in [-0.2, -0.15) is 0 Å². The Balaban J connectivity index is 3.46. The second-order valence-electron chi connectivity index (χ2n) is 3.82. The molecule has 0 aliphatic rings. The van der Waals surface area contributed by atoms with E-state index in [-0.39, 0.29) is 5.75 Å². The fourth-order valence-electron chi connectivity index (χ4n) is 1.34. The van der Waals surface area contributed by atoms with Gasteiger partial charge in [0.25, 0.3) is 0 Å². The van der Waals surface area contributed by atoms with Crippen LogP contribution >= 0.6 is 0 Å². The summed E-state index contributed by atoms with van der Waals surface area (Å²) >= 11 is 0. The first-order valence-electron chi connectivity index (χ1n) is 6.38. The molecule has 2 N–H and O–H groups in total. The summed E-state index contributed by atoms with van der Waals surface area (Å²) in [7, 11) is -3.09. The molecule has 5 nitrogen and oxygen atoms in total. The van der Waals surface area contributed by atoms with E-state index in [9.17, 15) is 8.42 Å². The van der Waals surface area contributed by atoms with Gasteiger partial charge in [-0.15, -0.1) is 0 Å². The Morgan fingerprint density at radius 3 is 2.47 bits per heavy atom. The first-order chi connectivity index (χ1) is 8.12. The molecule has 0 amide bonds. The molecule has 6 heteroatoms. The largest absolute Gasteiger partial charge is 0.382 e. The summed E-state index contributed by atoms with van der Waals surface area (Å²) in [4.78, 5) is 0. The SMILES string of the molecule is CCNCCCCS(=O)(=O)NCCCOCC. The number of nitrogens with one attached hydrogen (secondary N) is 2. The van der Waals surface area contributed by atoms with Crippen molar-refractivity contribution in [1.82, 2.24) is 10.0 Å². The van der Waals surface area contributed by atoms with E-state index in [1.165, 1.54) is 0 Å². The van der Waals surface area contributed by atoms with Crippen LogP contribution in [0.5, 0.6) is 0 Å². The third-order valence-electron chi connectivity index (χ3n) is 2.26. The lowest BCUT2D eigenvalue weighted by molar-refractivity contribution is 0.146. The maximum Gasteiger partial charge on any atom is 0.211 e. The zero-order valence-corrected chi connectivity index (χ0v) is 11.8. The van der Waals surface area contributed by atoms with Crippen LogP contribution in [0.15, 0.2) is 0 Å². The quantitative estimate of drug-likeness (QED) is 0.511. The van der Waals surface area contributed by atoms with E-state index in [2.05, 4.69) is 10.0 Å². The highest BCUT2D eigenvalue weighted by Gasteiger charge is 2.08. The fraction of sp³-hybridized carbons (Fsp3) is 1.00. The van der Waals surface area contributed by atoms with Crippen molar-refractivity contribution in [2.45, 2.75) is 33.1 Å². The molecule has 0 rings (SSSR count). The number of rotatable bonds is 12. The number of ether oxygens (including phenoxy) is 1. The normalized spacial score (nSPS) is 11.9. The predicted molar refractivity (Wildman–Crippen MR) is 70.7 cm³/mol. The van der Waals surface area contributed by atoms with Crippen LogP contribution in [-0.2, 0) is 14.8 Å². The van der Waals surface area contributed by atoms with Crippen molar-refractivity contribution < 1.29 is 13.2 Å². The molecule has 0 aromatic carbocycles. The minimum Gasteiger partial charge on any atom is -0.382 e. The number of hydrogen-bond acceptors (Lipinski definition) is 4. The van der Waals surface area contributed by atoms with E-state index >= 15 is 0 Å². The monoisotopic (exact) mass is 266 g/mol. The molecule has 0 aliphatic carbocycles. The minimum atomic E-state index is -3.09. The molecular formula is C11H26N2O3S. The lowest BCUT2D eigenvalue weighted by Crippen LogP contribution is -2.28. The average Bonchev–Trinajstić information content (AvgIpc) is 2.28. The summed E-state index contributed by atoms with van der Waals surface area (Å²) in [5, 5.41) is 3.17. The van der Waals surface area contributed by atoms with Crippen molar-refractivity contribution in [2.24, 2.45) is 0 Å².